The first-order valence-electron chi connectivity index (χ1n) is 7.03. The lowest BCUT2D eigenvalue weighted by atomic mass is 9.62. The molecule has 0 radical (unpaired) electrons. The maximum absolute atomic E-state index is 3.61. The maximum atomic E-state index is 3.61. The van der Waals surface area contributed by atoms with Crippen molar-refractivity contribution in [1.29, 1.82) is 0 Å². The van der Waals surface area contributed by atoms with Crippen molar-refractivity contribution in [3.05, 3.63) is 0 Å². The molecule has 0 aromatic carbocycles. The van der Waals surface area contributed by atoms with Crippen LogP contribution in [0.1, 0.15) is 39.5 Å². The van der Waals surface area contributed by atoms with E-state index in [1.54, 1.807) is 0 Å². The second-order valence-corrected chi connectivity index (χ2v) is 6.32. The third-order valence-electron chi connectivity index (χ3n) is 4.96. The van der Waals surface area contributed by atoms with Crippen molar-refractivity contribution in [3.8, 4) is 0 Å². The molecular formula is C14H28N2. The zero-order valence-electron chi connectivity index (χ0n) is 11.3. The van der Waals surface area contributed by atoms with E-state index in [0.717, 1.165) is 11.8 Å². The second kappa shape index (κ2) is 5.05. The van der Waals surface area contributed by atoms with Crippen LogP contribution in [-0.4, -0.2) is 38.1 Å². The molecule has 0 bridgehead atoms. The van der Waals surface area contributed by atoms with E-state index >= 15 is 0 Å². The molecule has 0 aromatic heterocycles. The van der Waals surface area contributed by atoms with Gasteiger partial charge in [0, 0.05) is 0 Å². The number of hydrogen-bond acceptors (Lipinski definition) is 2. The number of likely N-dealkylation sites (tertiary alicyclic amines) is 1. The highest BCUT2D eigenvalue weighted by Gasteiger charge is 2.42. The molecule has 2 heterocycles. The lowest BCUT2D eigenvalue weighted by Crippen LogP contribution is -2.47. The summed E-state index contributed by atoms with van der Waals surface area (Å²) < 4.78 is 0. The normalized spacial score (nSPS) is 37.9. The fraction of sp³-hybridized carbons (Fsp3) is 1.00. The van der Waals surface area contributed by atoms with Gasteiger partial charge in [0.1, 0.15) is 0 Å². The molecule has 2 saturated heterocycles. The van der Waals surface area contributed by atoms with Gasteiger partial charge < -0.3 is 10.2 Å². The number of hydrogen-bond donors (Lipinski definition) is 1. The number of nitrogens with one attached hydrogen (secondary N) is 1. The molecule has 2 heteroatoms. The van der Waals surface area contributed by atoms with Gasteiger partial charge in [-0.3, -0.25) is 0 Å². The summed E-state index contributed by atoms with van der Waals surface area (Å²) in [4.78, 5) is 2.52. The van der Waals surface area contributed by atoms with Crippen molar-refractivity contribution >= 4 is 0 Å². The van der Waals surface area contributed by atoms with Gasteiger partial charge >= 0.3 is 0 Å². The van der Waals surface area contributed by atoms with Crippen LogP contribution in [0.4, 0.5) is 0 Å². The molecule has 0 amide bonds. The van der Waals surface area contributed by atoms with E-state index in [2.05, 4.69) is 31.1 Å². The SMILES string of the molecule is CC(C)C1CNCCC12CCCN(C)CC2. The van der Waals surface area contributed by atoms with E-state index in [0.29, 0.717) is 5.41 Å². The first-order valence-corrected chi connectivity index (χ1v) is 7.03. The number of rotatable bonds is 1. The van der Waals surface area contributed by atoms with Gasteiger partial charge in [0.05, 0.1) is 0 Å². The molecule has 2 atom stereocenters. The first-order chi connectivity index (χ1) is 7.64. The second-order valence-electron chi connectivity index (χ2n) is 6.32. The molecule has 94 valence electrons. The summed E-state index contributed by atoms with van der Waals surface area (Å²) in [6, 6.07) is 0. The van der Waals surface area contributed by atoms with E-state index in [4.69, 9.17) is 0 Å². The Hall–Kier alpha value is -0.0800. The smallest absolute Gasteiger partial charge is 0.00127 e. The minimum Gasteiger partial charge on any atom is -0.316 e. The molecule has 2 aliphatic heterocycles. The molecule has 0 saturated carbocycles. The summed E-state index contributed by atoms with van der Waals surface area (Å²) in [5.74, 6) is 1.73. The Morgan fingerprint density at radius 1 is 1.19 bits per heavy atom. The topological polar surface area (TPSA) is 15.3 Å². The fourth-order valence-electron chi connectivity index (χ4n) is 3.91. The predicted octanol–water partition coefficient (Wildman–Crippen LogP) is 2.35. The minimum absolute atomic E-state index is 0.657. The van der Waals surface area contributed by atoms with Crippen LogP contribution in [-0.2, 0) is 0 Å². The van der Waals surface area contributed by atoms with Crippen LogP contribution < -0.4 is 5.32 Å². The Balaban J connectivity index is 2.12. The Bertz CT molecular complexity index is 227. The largest absolute Gasteiger partial charge is 0.316 e. The van der Waals surface area contributed by atoms with Crippen molar-refractivity contribution in [2.24, 2.45) is 17.3 Å². The molecule has 2 aliphatic rings. The summed E-state index contributed by atoms with van der Waals surface area (Å²) in [5.41, 5.74) is 0.657. The third kappa shape index (κ3) is 2.43. The molecule has 2 rings (SSSR count). The highest BCUT2D eigenvalue weighted by Crippen LogP contribution is 2.46. The summed E-state index contributed by atoms with van der Waals surface area (Å²) in [6.07, 6.45) is 5.69. The molecule has 0 aliphatic carbocycles. The van der Waals surface area contributed by atoms with Crippen LogP contribution in [0.15, 0.2) is 0 Å². The molecule has 0 aromatic rings. The minimum atomic E-state index is 0.657. The Morgan fingerprint density at radius 3 is 2.75 bits per heavy atom. The highest BCUT2D eigenvalue weighted by atomic mass is 15.1. The molecule has 2 fully saturated rings. The summed E-state index contributed by atoms with van der Waals surface area (Å²) in [7, 11) is 2.28. The van der Waals surface area contributed by atoms with Crippen molar-refractivity contribution in [1.82, 2.24) is 10.2 Å². The number of piperidine rings is 1. The van der Waals surface area contributed by atoms with Gasteiger partial charge in [-0.05, 0) is 76.2 Å². The zero-order valence-corrected chi connectivity index (χ0v) is 11.3. The fourth-order valence-corrected chi connectivity index (χ4v) is 3.91. The Kier molecular flexibility index (Phi) is 3.91. The van der Waals surface area contributed by atoms with E-state index in [9.17, 15) is 0 Å². The predicted molar refractivity (Wildman–Crippen MR) is 69.6 cm³/mol. The first kappa shape index (κ1) is 12.4. The van der Waals surface area contributed by atoms with Crippen LogP contribution in [0.2, 0.25) is 0 Å². The van der Waals surface area contributed by atoms with Gasteiger partial charge in [0.25, 0.3) is 0 Å². The molecule has 1 spiro atoms. The van der Waals surface area contributed by atoms with E-state index in [1.165, 1.54) is 51.9 Å². The van der Waals surface area contributed by atoms with Crippen LogP contribution >= 0.6 is 0 Å². The van der Waals surface area contributed by atoms with Crippen molar-refractivity contribution in [2.75, 3.05) is 33.2 Å². The van der Waals surface area contributed by atoms with Crippen LogP contribution in [0.3, 0.4) is 0 Å². The van der Waals surface area contributed by atoms with Crippen molar-refractivity contribution in [3.63, 3.8) is 0 Å². The lowest BCUT2D eigenvalue weighted by Gasteiger charge is -2.46. The van der Waals surface area contributed by atoms with Gasteiger partial charge in [-0.2, -0.15) is 0 Å². The Labute approximate surface area is 101 Å². The molecule has 16 heavy (non-hydrogen) atoms. The summed E-state index contributed by atoms with van der Waals surface area (Å²) in [6.45, 7) is 9.93. The number of nitrogens with zero attached hydrogens (tertiary/aromatic N) is 1. The highest BCUT2D eigenvalue weighted by molar-refractivity contribution is 4.94. The molecular weight excluding hydrogens is 196 g/mol. The Morgan fingerprint density at radius 2 is 2.00 bits per heavy atom. The summed E-state index contributed by atoms with van der Waals surface area (Å²) >= 11 is 0. The van der Waals surface area contributed by atoms with Gasteiger partial charge in [-0.25, -0.2) is 0 Å². The van der Waals surface area contributed by atoms with Gasteiger partial charge in [-0.15, -0.1) is 0 Å². The van der Waals surface area contributed by atoms with Crippen molar-refractivity contribution in [2.45, 2.75) is 39.5 Å². The van der Waals surface area contributed by atoms with Gasteiger partial charge in [0.15, 0.2) is 0 Å². The quantitative estimate of drug-likeness (QED) is 0.735. The van der Waals surface area contributed by atoms with Crippen molar-refractivity contribution < 1.29 is 0 Å². The molecule has 2 nitrogen and oxygen atoms in total. The van der Waals surface area contributed by atoms with Gasteiger partial charge in [0.2, 0.25) is 0 Å². The molecule has 1 N–H and O–H groups in total. The average molecular weight is 224 g/mol. The monoisotopic (exact) mass is 224 g/mol. The van der Waals surface area contributed by atoms with Gasteiger partial charge in [-0.1, -0.05) is 13.8 Å². The standard InChI is InChI=1S/C14H28N2/c1-12(2)13-11-15-8-6-14(13)5-4-9-16(3)10-7-14/h12-13,15H,4-11H2,1-3H3. The van der Waals surface area contributed by atoms with Crippen LogP contribution in [0, 0.1) is 17.3 Å². The average Bonchev–Trinajstić information content (AvgIpc) is 2.43. The van der Waals surface area contributed by atoms with E-state index in [1.807, 2.05) is 0 Å². The third-order valence-corrected chi connectivity index (χ3v) is 4.96. The molecule has 2 unspecified atom stereocenters. The lowest BCUT2D eigenvalue weighted by molar-refractivity contribution is 0.0546. The summed E-state index contributed by atoms with van der Waals surface area (Å²) in [5, 5.41) is 3.61. The zero-order chi connectivity index (χ0) is 11.6. The van der Waals surface area contributed by atoms with Crippen LogP contribution in [0.5, 0.6) is 0 Å². The van der Waals surface area contributed by atoms with Crippen LogP contribution in [0.25, 0.3) is 0 Å². The maximum Gasteiger partial charge on any atom is -0.00127 e. The van der Waals surface area contributed by atoms with E-state index < -0.39 is 0 Å². The van der Waals surface area contributed by atoms with E-state index in [-0.39, 0.29) is 0 Å².